The van der Waals surface area contributed by atoms with Crippen molar-refractivity contribution in [1.29, 1.82) is 0 Å². The highest BCUT2D eigenvalue weighted by atomic mass is 32.2. The fourth-order valence-corrected chi connectivity index (χ4v) is 4.81. The molecule has 1 fully saturated rings. The number of amides is 1. The van der Waals surface area contributed by atoms with Crippen LogP contribution >= 0.6 is 35.7 Å². The number of benzene rings is 1. The van der Waals surface area contributed by atoms with Gasteiger partial charge in [0.05, 0.1) is 9.83 Å². The number of carboxylic acids is 1. The second kappa shape index (κ2) is 9.67. The number of nitro groups is 1. The minimum Gasteiger partial charge on any atom is -0.480 e. The van der Waals surface area contributed by atoms with E-state index in [1.807, 2.05) is 6.26 Å². The van der Waals surface area contributed by atoms with Gasteiger partial charge in [0.25, 0.3) is 11.6 Å². The first-order valence-electron chi connectivity index (χ1n) is 9.07. The zero-order valence-corrected chi connectivity index (χ0v) is 19.0. The molecule has 0 radical (unpaired) electrons. The Morgan fingerprint density at radius 1 is 1.42 bits per heavy atom. The summed E-state index contributed by atoms with van der Waals surface area (Å²) in [5.41, 5.74) is 1.06. The lowest BCUT2D eigenvalue weighted by atomic mass is 10.1. The number of hydrogen-bond acceptors (Lipinski definition) is 8. The molecule has 2 aromatic rings. The van der Waals surface area contributed by atoms with Gasteiger partial charge in [0.1, 0.15) is 21.9 Å². The molecule has 1 aliphatic rings. The Morgan fingerprint density at radius 2 is 2.16 bits per heavy atom. The van der Waals surface area contributed by atoms with E-state index in [-0.39, 0.29) is 21.3 Å². The molecule has 0 saturated carbocycles. The van der Waals surface area contributed by atoms with Crippen molar-refractivity contribution in [3.63, 3.8) is 0 Å². The maximum atomic E-state index is 12.8. The van der Waals surface area contributed by atoms with Gasteiger partial charge >= 0.3 is 5.97 Å². The van der Waals surface area contributed by atoms with Crippen LogP contribution in [0, 0.1) is 17.0 Å². The van der Waals surface area contributed by atoms with E-state index in [0.29, 0.717) is 28.4 Å². The summed E-state index contributed by atoms with van der Waals surface area (Å²) in [7, 11) is 0. The van der Waals surface area contributed by atoms with Gasteiger partial charge in [-0.2, -0.15) is 11.8 Å². The number of thioether (sulfide) groups is 2. The van der Waals surface area contributed by atoms with Gasteiger partial charge in [-0.15, -0.1) is 0 Å². The lowest BCUT2D eigenvalue weighted by molar-refractivity contribution is -0.385. The molecule has 1 aromatic heterocycles. The molecular weight excluding hydrogens is 460 g/mol. The molecule has 162 valence electrons. The number of nitro benzene ring substituents is 1. The second-order valence-electron chi connectivity index (χ2n) is 6.65. The topological polar surface area (TPSA) is 114 Å². The summed E-state index contributed by atoms with van der Waals surface area (Å²) >= 11 is 7.76. The van der Waals surface area contributed by atoms with Crippen molar-refractivity contribution < 1.29 is 24.0 Å². The van der Waals surface area contributed by atoms with Crippen LogP contribution in [0.5, 0.6) is 0 Å². The van der Waals surface area contributed by atoms with Crippen LogP contribution in [0.15, 0.2) is 39.7 Å². The molecule has 1 saturated heterocycles. The number of carbonyl (C=O) groups excluding carboxylic acids is 1. The maximum Gasteiger partial charge on any atom is 0.326 e. The van der Waals surface area contributed by atoms with Crippen molar-refractivity contribution >= 4 is 63.7 Å². The SMILES string of the molecule is CSCCC(C(=O)O)N1C(=O)C(=Cc2ccc(-c3ccc(C)c([N+](=O)[O-])c3)o2)SC1=S. The molecule has 0 bridgehead atoms. The number of carbonyl (C=O) groups is 2. The van der Waals surface area contributed by atoms with Crippen molar-refractivity contribution in [2.45, 2.75) is 19.4 Å². The van der Waals surface area contributed by atoms with Crippen LogP contribution in [0.1, 0.15) is 17.7 Å². The number of hydrogen-bond donors (Lipinski definition) is 1. The molecule has 8 nitrogen and oxygen atoms in total. The quantitative estimate of drug-likeness (QED) is 0.252. The average Bonchev–Trinajstić information content (AvgIpc) is 3.28. The Kier molecular flexibility index (Phi) is 7.19. The highest BCUT2D eigenvalue weighted by Crippen LogP contribution is 2.36. The number of furan rings is 1. The molecule has 11 heteroatoms. The summed E-state index contributed by atoms with van der Waals surface area (Å²) in [6.07, 6.45) is 3.65. The fraction of sp³-hybridized carbons (Fsp3) is 0.250. The Labute approximate surface area is 191 Å². The standard InChI is InChI=1S/C20H18N2O6S3/c1-11-3-4-12(9-15(11)22(26)27)16-6-5-13(28-16)10-17-18(23)21(20(29)31-17)14(19(24)25)7-8-30-2/h3-6,9-10,14H,7-8H2,1-2H3,(H,24,25). The molecule has 3 rings (SSSR count). The van der Waals surface area contributed by atoms with Crippen molar-refractivity contribution in [3.05, 3.63) is 56.7 Å². The van der Waals surface area contributed by atoms with Crippen LogP contribution in [0.2, 0.25) is 0 Å². The predicted octanol–water partition coefficient (Wildman–Crippen LogP) is 4.57. The summed E-state index contributed by atoms with van der Waals surface area (Å²) in [4.78, 5) is 36.6. The third-order valence-electron chi connectivity index (χ3n) is 4.61. The fourth-order valence-electron chi connectivity index (χ4n) is 3.02. The minimum absolute atomic E-state index is 0.0127. The minimum atomic E-state index is -1.10. The maximum absolute atomic E-state index is 12.8. The number of thiocarbonyl (C=S) groups is 1. The molecule has 1 N–H and O–H groups in total. The van der Waals surface area contributed by atoms with E-state index in [1.54, 1.807) is 31.2 Å². The van der Waals surface area contributed by atoms with E-state index in [2.05, 4.69) is 0 Å². The highest BCUT2D eigenvalue weighted by molar-refractivity contribution is 8.26. The van der Waals surface area contributed by atoms with Gasteiger partial charge in [-0.3, -0.25) is 19.8 Å². The van der Waals surface area contributed by atoms with Gasteiger partial charge < -0.3 is 9.52 Å². The monoisotopic (exact) mass is 478 g/mol. The number of aryl methyl sites for hydroxylation is 1. The van der Waals surface area contributed by atoms with Crippen LogP contribution in [-0.4, -0.2) is 49.2 Å². The molecular formula is C20H18N2O6S3. The molecule has 1 amide bonds. The van der Waals surface area contributed by atoms with Crippen molar-refractivity contribution in [2.24, 2.45) is 0 Å². The number of carboxylic acid groups (broad SMARTS) is 1. The van der Waals surface area contributed by atoms with E-state index in [4.69, 9.17) is 16.6 Å². The number of nitrogens with zero attached hydrogens (tertiary/aromatic N) is 2. The van der Waals surface area contributed by atoms with E-state index in [0.717, 1.165) is 16.7 Å². The lowest BCUT2D eigenvalue weighted by Gasteiger charge is -2.22. The molecule has 1 aromatic carbocycles. The van der Waals surface area contributed by atoms with Gasteiger partial charge in [-0.1, -0.05) is 36.1 Å². The third kappa shape index (κ3) is 5.00. The van der Waals surface area contributed by atoms with E-state index < -0.39 is 22.8 Å². The predicted molar refractivity (Wildman–Crippen MR) is 125 cm³/mol. The largest absolute Gasteiger partial charge is 0.480 e. The normalized spacial score (nSPS) is 16.2. The summed E-state index contributed by atoms with van der Waals surface area (Å²) in [6, 6.07) is 7.05. The molecule has 0 spiro atoms. The van der Waals surface area contributed by atoms with Crippen LogP contribution in [-0.2, 0) is 9.59 Å². The summed E-state index contributed by atoms with van der Waals surface area (Å²) < 4.78 is 5.94. The average molecular weight is 479 g/mol. The summed E-state index contributed by atoms with van der Waals surface area (Å²) in [5.74, 6) is -0.236. The second-order valence-corrected chi connectivity index (χ2v) is 9.31. The van der Waals surface area contributed by atoms with Gasteiger partial charge in [0.2, 0.25) is 0 Å². The molecule has 0 aliphatic carbocycles. The number of rotatable bonds is 8. The van der Waals surface area contributed by atoms with Crippen LogP contribution in [0.25, 0.3) is 17.4 Å². The molecule has 2 heterocycles. The number of aliphatic carboxylic acids is 1. The first kappa shape index (κ1) is 23.0. The van der Waals surface area contributed by atoms with Gasteiger partial charge in [0, 0.05) is 23.3 Å². The zero-order chi connectivity index (χ0) is 22.7. The van der Waals surface area contributed by atoms with Gasteiger partial charge in [0.15, 0.2) is 0 Å². The Bertz CT molecular complexity index is 1090. The summed E-state index contributed by atoms with van der Waals surface area (Å²) in [6.45, 7) is 1.65. The molecule has 31 heavy (non-hydrogen) atoms. The summed E-state index contributed by atoms with van der Waals surface area (Å²) in [5, 5.41) is 20.7. The smallest absolute Gasteiger partial charge is 0.326 e. The van der Waals surface area contributed by atoms with Crippen molar-refractivity contribution in [1.82, 2.24) is 4.90 Å². The van der Waals surface area contributed by atoms with Gasteiger partial charge in [-0.25, -0.2) is 4.79 Å². The van der Waals surface area contributed by atoms with Crippen molar-refractivity contribution in [2.75, 3.05) is 12.0 Å². The zero-order valence-electron chi connectivity index (χ0n) is 16.6. The van der Waals surface area contributed by atoms with Crippen LogP contribution in [0.4, 0.5) is 5.69 Å². The van der Waals surface area contributed by atoms with E-state index >= 15 is 0 Å². The van der Waals surface area contributed by atoms with Crippen LogP contribution in [0.3, 0.4) is 0 Å². The first-order valence-corrected chi connectivity index (χ1v) is 11.7. The molecule has 1 unspecified atom stereocenters. The Morgan fingerprint density at radius 3 is 2.81 bits per heavy atom. The molecule has 1 aliphatic heterocycles. The third-order valence-corrected chi connectivity index (χ3v) is 6.58. The Balaban J connectivity index is 1.85. The van der Waals surface area contributed by atoms with E-state index in [9.17, 15) is 24.8 Å². The Hall–Kier alpha value is -2.63. The first-order chi connectivity index (χ1) is 14.7. The highest BCUT2D eigenvalue weighted by Gasteiger charge is 2.40. The van der Waals surface area contributed by atoms with Crippen LogP contribution < -0.4 is 0 Å². The molecule has 1 atom stereocenters. The van der Waals surface area contributed by atoms with E-state index in [1.165, 1.54) is 23.9 Å². The van der Waals surface area contributed by atoms with Gasteiger partial charge in [-0.05, 0) is 37.5 Å². The lowest BCUT2D eigenvalue weighted by Crippen LogP contribution is -2.44. The van der Waals surface area contributed by atoms with Crippen molar-refractivity contribution in [3.8, 4) is 11.3 Å².